The van der Waals surface area contributed by atoms with Crippen LogP contribution in [0.25, 0.3) is 43.8 Å². The van der Waals surface area contributed by atoms with Gasteiger partial charge in [-0.15, -0.1) is 0 Å². The maximum Gasteiger partial charge on any atom is 0.151 e. The normalized spacial score (nSPS) is 13.4. The number of para-hydroxylation sites is 2. The summed E-state index contributed by atoms with van der Waals surface area (Å²) in [7, 11) is 0. The number of hydrogen-bond donors (Lipinski definition) is 0. The lowest BCUT2D eigenvalue weighted by Crippen LogP contribution is -2.33. The van der Waals surface area contributed by atoms with Gasteiger partial charge in [0.25, 0.3) is 0 Å². The van der Waals surface area contributed by atoms with Crippen molar-refractivity contribution >= 4 is 55.7 Å². The van der Waals surface area contributed by atoms with Crippen LogP contribution in [0.1, 0.15) is 30.5 Å². The molecule has 0 radical (unpaired) electrons. The van der Waals surface area contributed by atoms with Gasteiger partial charge in [0.15, 0.2) is 11.5 Å². The van der Waals surface area contributed by atoms with Gasteiger partial charge in [-0.05, 0) is 111 Å². The molecule has 2 heterocycles. The highest BCUT2D eigenvalue weighted by atomic mass is 16.5. The van der Waals surface area contributed by atoms with Crippen LogP contribution < -0.4 is 14.5 Å². The zero-order valence-electron chi connectivity index (χ0n) is 32.2. The summed E-state index contributed by atoms with van der Waals surface area (Å²) < 4.78 is 6.60. The van der Waals surface area contributed by atoms with E-state index >= 15 is 0 Å². The van der Waals surface area contributed by atoms with E-state index in [1.807, 2.05) is 0 Å². The second-order valence-corrected chi connectivity index (χ2v) is 15.8. The van der Waals surface area contributed by atoms with Crippen LogP contribution >= 0.6 is 0 Å². The molecule has 2 aliphatic heterocycles. The lowest BCUT2D eigenvalue weighted by Gasteiger charge is -2.46. The van der Waals surface area contributed by atoms with Gasteiger partial charge < -0.3 is 14.5 Å². The fourth-order valence-electron chi connectivity index (χ4n) is 9.46. The van der Waals surface area contributed by atoms with Crippen molar-refractivity contribution in [2.75, 3.05) is 9.80 Å². The zero-order valence-corrected chi connectivity index (χ0v) is 32.2. The number of nitrogens with zero attached hydrogens (tertiary/aromatic N) is 2. The Kier molecular flexibility index (Phi) is 7.42. The number of aryl methyl sites for hydroxylation is 1. The third-order valence-corrected chi connectivity index (χ3v) is 12.1. The van der Waals surface area contributed by atoms with Gasteiger partial charge in [0.2, 0.25) is 0 Å². The maximum absolute atomic E-state index is 6.60. The van der Waals surface area contributed by atoms with Crippen LogP contribution in [0, 0.1) is 6.92 Å². The van der Waals surface area contributed by atoms with Crippen LogP contribution in [-0.2, 0) is 5.41 Å². The summed E-state index contributed by atoms with van der Waals surface area (Å²) in [5, 5.41) is 4.92. The Hall–Kier alpha value is -7.10. The van der Waals surface area contributed by atoms with Gasteiger partial charge >= 0.3 is 0 Å². The predicted molar refractivity (Wildman–Crippen MR) is 239 cm³/mol. The molecule has 0 aromatic heterocycles. The van der Waals surface area contributed by atoms with E-state index in [1.54, 1.807) is 0 Å². The smallest absolute Gasteiger partial charge is 0.151 e. The minimum Gasteiger partial charge on any atom is -0.453 e. The second-order valence-electron chi connectivity index (χ2n) is 15.8. The number of hydrogen-bond acceptors (Lipinski definition) is 3. The largest absolute Gasteiger partial charge is 0.453 e. The molecule has 57 heavy (non-hydrogen) atoms. The lowest BCUT2D eigenvalue weighted by atomic mass is 9.70. The first-order valence-corrected chi connectivity index (χ1v) is 19.8. The molecule has 3 nitrogen and oxygen atoms in total. The molecule has 2 aliphatic rings. The molecule has 0 amide bonds. The summed E-state index contributed by atoms with van der Waals surface area (Å²) >= 11 is 0. The number of fused-ring (bicyclic) bond motifs is 7. The molecule has 9 aromatic carbocycles. The molecule has 0 atom stereocenters. The number of anilines is 6. The minimum atomic E-state index is -0.311. The number of rotatable bonds is 5. The third-order valence-electron chi connectivity index (χ3n) is 12.1. The fraction of sp³-hybridized carbons (Fsp3) is 0.0741. The molecule has 0 spiro atoms. The molecule has 0 saturated heterocycles. The molecule has 0 aliphatic carbocycles. The highest BCUT2D eigenvalue weighted by Gasteiger charge is 2.43. The van der Waals surface area contributed by atoms with Gasteiger partial charge in [0.1, 0.15) is 0 Å². The van der Waals surface area contributed by atoms with E-state index in [9.17, 15) is 0 Å². The fourth-order valence-corrected chi connectivity index (χ4v) is 9.46. The Bertz CT molecular complexity index is 3040. The number of ether oxygens (including phenoxy) is 1. The van der Waals surface area contributed by atoms with Gasteiger partial charge in [-0.2, -0.15) is 0 Å². The van der Waals surface area contributed by atoms with Crippen molar-refractivity contribution < 1.29 is 4.74 Å². The zero-order chi connectivity index (χ0) is 38.3. The van der Waals surface area contributed by atoms with E-state index in [4.69, 9.17) is 4.74 Å². The van der Waals surface area contributed by atoms with E-state index in [1.165, 1.54) is 66.2 Å². The average molecular weight is 733 g/mol. The summed E-state index contributed by atoms with van der Waals surface area (Å²) in [6, 6.07) is 68.3. The van der Waals surface area contributed by atoms with E-state index in [-0.39, 0.29) is 5.41 Å². The first kappa shape index (κ1) is 33.3. The highest BCUT2D eigenvalue weighted by molar-refractivity contribution is 6.14. The van der Waals surface area contributed by atoms with E-state index in [0.717, 1.165) is 39.9 Å². The Balaban J connectivity index is 1.13. The molecule has 11 rings (SSSR count). The van der Waals surface area contributed by atoms with Crippen molar-refractivity contribution in [3.05, 3.63) is 205 Å². The Labute approximate surface area is 333 Å². The molecule has 3 heteroatoms. The van der Waals surface area contributed by atoms with E-state index < -0.39 is 0 Å². The van der Waals surface area contributed by atoms with Gasteiger partial charge in [0.05, 0.1) is 22.7 Å². The van der Waals surface area contributed by atoms with Crippen LogP contribution in [0.2, 0.25) is 0 Å². The topological polar surface area (TPSA) is 15.7 Å². The first-order chi connectivity index (χ1) is 28.0. The van der Waals surface area contributed by atoms with E-state index in [0.29, 0.717) is 0 Å². The summed E-state index contributed by atoms with van der Waals surface area (Å²) in [5.74, 6) is 1.78. The van der Waals surface area contributed by atoms with Gasteiger partial charge in [-0.25, -0.2) is 0 Å². The molecule has 0 bridgehead atoms. The standard InChI is InChI=1S/C54H40N2O/c1-35-15-11-27-49-52(35)56-47-26-13-24-43(51(47)54(2,3)46-25-14-28-50(57-49)53(46)56)38-19-12-20-41(33-38)55(40-31-29-37(30-32-40)36-16-5-4-6-17-36)48-34-39-18-7-8-21-42(39)44-22-9-10-23-45(44)48/h4-34H,1-3H3. The van der Waals surface area contributed by atoms with Gasteiger partial charge in [0, 0.05) is 22.2 Å². The molecule has 0 N–H and O–H groups in total. The molecule has 9 aromatic rings. The summed E-state index contributed by atoms with van der Waals surface area (Å²) in [5.41, 5.74) is 15.0. The Morgan fingerprint density at radius 2 is 1.14 bits per heavy atom. The van der Waals surface area contributed by atoms with Crippen molar-refractivity contribution in [2.24, 2.45) is 0 Å². The molecule has 0 unspecified atom stereocenters. The van der Waals surface area contributed by atoms with Crippen LogP contribution in [0.3, 0.4) is 0 Å². The molecular weight excluding hydrogens is 693 g/mol. The van der Waals surface area contributed by atoms with Crippen LogP contribution in [0.4, 0.5) is 34.1 Å². The maximum atomic E-state index is 6.60. The lowest BCUT2D eigenvalue weighted by molar-refractivity contribution is 0.471. The summed E-state index contributed by atoms with van der Waals surface area (Å²) in [6.07, 6.45) is 0. The Morgan fingerprint density at radius 1 is 0.491 bits per heavy atom. The second kappa shape index (κ2) is 12.7. The monoisotopic (exact) mass is 732 g/mol. The van der Waals surface area contributed by atoms with Crippen molar-refractivity contribution in [3.63, 3.8) is 0 Å². The molecule has 0 saturated carbocycles. The summed E-state index contributed by atoms with van der Waals surface area (Å²) in [6.45, 7) is 6.91. The van der Waals surface area contributed by atoms with Gasteiger partial charge in [-0.1, -0.05) is 153 Å². The third kappa shape index (κ3) is 5.12. The van der Waals surface area contributed by atoms with Crippen molar-refractivity contribution in [1.82, 2.24) is 0 Å². The van der Waals surface area contributed by atoms with Crippen molar-refractivity contribution in [3.8, 4) is 33.8 Å². The quantitative estimate of drug-likeness (QED) is 0.164. The van der Waals surface area contributed by atoms with Crippen LogP contribution in [0.15, 0.2) is 188 Å². The predicted octanol–water partition coefficient (Wildman–Crippen LogP) is 15.3. The minimum absolute atomic E-state index is 0.311. The van der Waals surface area contributed by atoms with Crippen molar-refractivity contribution in [1.29, 1.82) is 0 Å². The van der Waals surface area contributed by atoms with Crippen LogP contribution in [-0.4, -0.2) is 0 Å². The highest BCUT2D eigenvalue weighted by Crippen LogP contribution is 2.61. The molecule has 272 valence electrons. The average Bonchev–Trinajstić information content (AvgIpc) is 3.26. The first-order valence-electron chi connectivity index (χ1n) is 19.8. The van der Waals surface area contributed by atoms with Crippen molar-refractivity contribution in [2.45, 2.75) is 26.2 Å². The molecule has 0 fully saturated rings. The van der Waals surface area contributed by atoms with Gasteiger partial charge in [-0.3, -0.25) is 0 Å². The molecular formula is C54H40N2O. The Morgan fingerprint density at radius 3 is 1.96 bits per heavy atom. The van der Waals surface area contributed by atoms with E-state index in [2.05, 4.69) is 219 Å². The SMILES string of the molecule is Cc1cccc2c1N1c3cccc(-c4cccc(N(c5ccc(-c6ccccc6)cc5)c5cc6ccccc6c6ccccc56)c4)c3C(C)(C)c3cccc(c31)O2. The summed E-state index contributed by atoms with van der Waals surface area (Å²) in [4.78, 5) is 4.89. The number of benzene rings is 9. The van der Waals surface area contributed by atoms with Crippen LogP contribution in [0.5, 0.6) is 11.5 Å².